The average Bonchev–Trinajstić information content (AvgIpc) is 3.12. The first-order valence-electron chi connectivity index (χ1n) is 15.9. The van der Waals surface area contributed by atoms with Crippen molar-refractivity contribution in [2.24, 2.45) is 46.3 Å². The summed E-state index contributed by atoms with van der Waals surface area (Å²) >= 11 is 0. The van der Waals surface area contributed by atoms with Gasteiger partial charge in [-0.15, -0.1) is 0 Å². The Hall–Kier alpha value is -0.120. The summed E-state index contributed by atoms with van der Waals surface area (Å²) in [5.41, 5.74) is -1.55. The number of rotatable bonds is 5. The lowest BCUT2D eigenvalue weighted by atomic mass is 9.42. The van der Waals surface area contributed by atoms with Gasteiger partial charge in [-0.3, -0.25) is 0 Å². The van der Waals surface area contributed by atoms with Gasteiger partial charge in [0.05, 0.1) is 17.8 Å². The highest BCUT2D eigenvalue weighted by Gasteiger charge is 2.67. The van der Waals surface area contributed by atoms with Crippen LogP contribution in [0.2, 0.25) is 0 Å². The van der Waals surface area contributed by atoms with Crippen LogP contribution in [0.4, 0.5) is 0 Å². The van der Waals surface area contributed by atoms with Gasteiger partial charge in [0, 0.05) is 21.4 Å². The van der Waals surface area contributed by atoms with Crippen molar-refractivity contribution in [3.05, 3.63) is 0 Å². The van der Waals surface area contributed by atoms with Crippen LogP contribution in [0, 0.1) is 46.3 Å². The number of aliphatic hydroxyl groups is 3. The predicted octanol–water partition coefficient (Wildman–Crippen LogP) is 5.55. The van der Waals surface area contributed by atoms with Gasteiger partial charge in [0.15, 0.2) is 0 Å². The van der Waals surface area contributed by atoms with E-state index in [9.17, 15) is 15.3 Å². The maximum absolute atomic E-state index is 11.6. The van der Waals surface area contributed by atoms with Gasteiger partial charge in [-0.05, 0) is 85.8 Å². The molecule has 0 heterocycles. The third-order valence-electron chi connectivity index (χ3n) is 10.7. The largest absolute Gasteiger partial charge is 0.393 e. The fraction of sp³-hybridized carbons (Fsp3) is 1.00. The van der Waals surface area contributed by atoms with Crippen LogP contribution in [0.25, 0.3) is 0 Å². The molecule has 4 aliphatic carbocycles. The molecule has 3 nitrogen and oxygen atoms in total. The van der Waals surface area contributed by atoms with E-state index in [4.69, 9.17) is 9.60 Å². The molecular weight excluding hydrogens is 372 g/mol. The molecule has 4 saturated carbocycles. The number of aliphatic hydroxyl groups excluding tert-OH is 2. The maximum atomic E-state index is 11.6. The molecule has 0 saturated heterocycles. The molecule has 0 aliphatic heterocycles. The molecule has 0 radical (unpaired) electrons. The lowest BCUT2D eigenvalue weighted by Crippen LogP contribution is -2.68. The zero-order valence-electron chi connectivity index (χ0n) is 26.2. The normalized spacial score (nSPS) is 56.5. The minimum atomic E-state index is -2.86. The van der Waals surface area contributed by atoms with Gasteiger partial charge in [-0.2, -0.15) is 0 Å². The molecule has 4 aliphatic rings. The zero-order chi connectivity index (χ0) is 27.8. The summed E-state index contributed by atoms with van der Waals surface area (Å²) in [6.45, 7) is 0.985. The summed E-state index contributed by atoms with van der Waals surface area (Å²) < 4.78 is 54.4. The van der Waals surface area contributed by atoms with Crippen LogP contribution in [0.15, 0.2) is 0 Å². The standard InChI is InChI=1S/C27H48O3/c1-17(2)7-6-8-18(3)21-9-10-22-20-15-24(29)27(30)16-19(28)11-14-26(27,5)23(20)12-13-25(21,22)4/h17-24,28-30H,6-16H2,1-5H3/t18-,19+,20+,21+,22-,23-,24-,25-,26-,27+/m1/s1/i1D3,2D3,17D. The molecule has 0 aromatic rings. The van der Waals surface area contributed by atoms with Crippen molar-refractivity contribution in [1.82, 2.24) is 0 Å². The highest BCUT2D eigenvalue weighted by Crippen LogP contribution is 2.69. The first kappa shape index (κ1) is 15.7. The van der Waals surface area contributed by atoms with Crippen molar-refractivity contribution in [3.63, 3.8) is 0 Å². The molecule has 3 N–H and O–H groups in total. The lowest BCUT2D eigenvalue weighted by molar-refractivity contribution is -0.264. The molecule has 0 unspecified atom stereocenters. The minimum absolute atomic E-state index is 0.0897. The molecular formula is C27H48O3. The highest BCUT2D eigenvalue weighted by molar-refractivity contribution is 5.17. The van der Waals surface area contributed by atoms with Crippen LogP contribution in [-0.2, 0) is 0 Å². The molecule has 0 spiro atoms. The first-order valence-corrected chi connectivity index (χ1v) is 12.4. The molecule has 0 amide bonds. The summed E-state index contributed by atoms with van der Waals surface area (Å²) in [4.78, 5) is 0. The zero-order valence-corrected chi connectivity index (χ0v) is 19.2. The van der Waals surface area contributed by atoms with Crippen molar-refractivity contribution in [1.29, 1.82) is 0 Å². The van der Waals surface area contributed by atoms with Gasteiger partial charge in [0.2, 0.25) is 0 Å². The smallest absolute Gasteiger partial charge is 0.0985 e. The number of hydrogen-bond donors (Lipinski definition) is 3. The summed E-state index contributed by atoms with van der Waals surface area (Å²) in [5, 5.41) is 33.2. The fourth-order valence-electron chi connectivity index (χ4n) is 9.04. The Balaban J connectivity index is 1.47. The number of hydrogen-bond acceptors (Lipinski definition) is 3. The summed E-state index contributed by atoms with van der Waals surface area (Å²) in [5.74, 6) is -0.631. The highest BCUT2D eigenvalue weighted by atomic mass is 16.3. The average molecular weight is 428 g/mol. The van der Waals surface area contributed by atoms with Crippen molar-refractivity contribution >= 4 is 0 Å². The van der Waals surface area contributed by atoms with E-state index in [-0.39, 0.29) is 24.2 Å². The molecule has 0 aromatic heterocycles. The van der Waals surface area contributed by atoms with Crippen molar-refractivity contribution in [2.75, 3.05) is 0 Å². The second kappa shape index (κ2) is 8.03. The summed E-state index contributed by atoms with van der Waals surface area (Å²) in [7, 11) is 0. The molecule has 0 bridgehead atoms. The maximum Gasteiger partial charge on any atom is 0.0985 e. The van der Waals surface area contributed by atoms with E-state index in [1.807, 2.05) is 0 Å². The second-order valence-corrected chi connectivity index (χ2v) is 11.9. The van der Waals surface area contributed by atoms with Gasteiger partial charge in [-0.25, -0.2) is 0 Å². The van der Waals surface area contributed by atoms with Crippen LogP contribution >= 0.6 is 0 Å². The van der Waals surface area contributed by atoms with Gasteiger partial charge in [0.1, 0.15) is 0 Å². The Labute approximate surface area is 194 Å². The van der Waals surface area contributed by atoms with Crippen LogP contribution in [0.5, 0.6) is 0 Å². The van der Waals surface area contributed by atoms with Crippen LogP contribution in [-0.4, -0.2) is 33.1 Å². The van der Waals surface area contributed by atoms with E-state index in [0.717, 1.165) is 32.1 Å². The van der Waals surface area contributed by atoms with Crippen molar-refractivity contribution < 1.29 is 24.9 Å². The Morgan fingerprint density at radius 2 is 1.80 bits per heavy atom. The lowest BCUT2D eigenvalue weighted by Gasteiger charge is -2.65. The Bertz CT molecular complexity index is 833. The topological polar surface area (TPSA) is 60.7 Å². The van der Waals surface area contributed by atoms with Crippen molar-refractivity contribution in [3.8, 4) is 0 Å². The van der Waals surface area contributed by atoms with Gasteiger partial charge in [0.25, 0.3) is 0 Å². The Morgan fingerprint density at radius 1 is 1.03 bits per heavy atom. The minimum Gasteiger partial charge on any atom is -0.393 e. The molecule has 30 heavy (non-hydrogen) atoms. The van der Waals surface area contributed by atoms with E-state index in [0.29, 0.717) is 49.4 Å². The van der Waals surface area contributed by atoms with Crippen molar-refractivity contribution in [2.45, 2.75) is 123 Å². The van der Waals surface area contributed by atoms with E-state index < -0.39 is 42.8 Å². The van der Waals surface area contributed by atoms with E-state index in [2.05, 4.69) is 20.8 Å². The quantitative estimate of drug-likeness (QED) is 0.539. The molecule has 0 aromatic carbocycles. The SMILES string of the molecule is [2H]C([2H])([2H])C([2H])(CCC[C@@H](C)[C@@H]1CC[C@@H]2[C@@H]3C[C@@H](O)[C@@]4(O)C[C@@H](O)CC[C@]4(C)[C@@H]3CC[C@@]21C)C([2H])([2H])[2H]. The molecule has 4 rings (SSSR count). The number of fused-ring (bicyclic) bond motifs is 5. The Morgan fingerprint density at radius 3 is 2.53 bits per heavy atom. The molecule has 174 valence electrons. The van der Waals surface area contributed by atoms with E-state index in [1.165, 1.54) is 0 Å². The molecule has 10 atom stereocenters. The molecule has 4 fully saturated rings. The van der Waals surface area contributed by atoms with Gasteiger partial charge >= 0.3 is 0 Å². The third kappa shape index (κ3) is 3.41. The van der Waals surface area contributed by atoms with Crippen LogP contribution < -0.4 is 0 Å². The summed E-state index contributed by atoms with van der Waals surface area (Å²) in [6.07, 6.45) is 5.93. The van der Waals surface area contributed by atoms with Crippen LogP contribution in [0.1, 0.15) is 115 Å². The van der Waals surface area contributed by atoms with E-state index in [1.54, 1.807) is 0 Å². The van der Waals surface area contributed by atoms with Gasteiger partial charge in [-0.1, -0.05) is 53.7 Å². The predicted molar refractivity (Wildman–Crippen MR) is 122 cm³/mol. The van der Waals surface area contributed by atoms with Crippen LogP contribution in [0.3, 0.4) is 0 Å². The fourth-order valence-corrected chi connectivity index (χ4v) is 9.04. The monoisotopic (exact) mass is 427 g/mol. The van der Waals surface area contributed by atoms with E-state index >= 15 is 0 Å². The first-order chi connectivity index (χ1) is 16.8. The third-order valence-corrected chi connectivity index (χ3v) is 10.7. The Kier molecular flexibility index (Phi) is 4.19. The summed E-state index contributed by atoms with van der Waals surface area (Å²) in [6, 6.07) is 0. The second-order valence-electron chi connectivity index (χ2n) is 11.9. The molecule has 3 heteroatoms. The van der Waals surface area contributed by atoms with Gasteiger partial charge < -0.3 is 15.3 Å².